The van der Waals surface area contributed by atoms with E-state index in [1.54, 1.807) is 0 Å². The number of ether oxygens (including phenoxy) is 1. The van der Waals surface area contributed by atoms with Crippen molar-refractivity contribution < 1.29 is 13.5 Å². The van der Waals surface area contributed by atoms with Crippen molar-refractivity contribution in [2.24, 2.45) is 0 Å². The highest BCUT2D eigenvalue weighted by molar-refractivity contribution is 9.11. The summed E-state index contributed by atoms with van der Waals surface area (Å²) in [5, 5.41) is 0. The molecule has 0 saturated carbocycles. The second kappa shape index (κ2) is 2.96. The molecule has 0 heterocycles. The molecule has 0 rings (SSSR count). The fourth-order valence-electron chi connectivity index (χ4n) is 0.0772. The Bertz CT molecular complexity index is 86.9. The van der Waals surface area contributed by atoms with Gasteiger partial charge in [-0.25, -0.2) is 0 Å². The van der Waals surface area contributed by atoms with Crippen LogP contribution in [-0.2, 0) is 4.74 Å². The van der Waals surface area contributed by atoms with Gasteiger partial charge in [0, 0.05) is 0 Å². The smallest absolute Gasteiger partial charge is 0.316 e. The number of hydrogen-bond acceptors (Lipinski definition) is 1. The molecule has 0 N–H and O–H groups in total. The molecular formula is C3H3BrF2O. The lowest BCUT2D eigenvalue weighted by atomic mass is 11.0. The first-order valence-electron chi connectivity index (χ1n) is 1.43. The first kappa shape index (κ1) is 6.88. The van der Waals surface area contributed by atoms with Crippen LogP contribution in [0.1, 0.15) is 0 Å². The highest BCUT2D eigenvalue weighted by Crippen LogP contribution is 2.13. The van der Waals surface area contributed by atoms with Crippen LogP contribution in [0, 0.1) is 0 Å². The minimum absolute atomic E-state index is 1.04. The molecule has 0 aromatic carbocycles. The van der Waals surface area contributed by atoms with Gasteiger partial charge in [0.15, 0.2) is 0 Å². The molecule has 0 fully saturated rings. The second-order valence-corrected chi connectivity index (χ2v) is 1.43. The molecule has 0 spiro atoms. The average Bonchev–Trinajstić information content (AvgIpc) is 1.65. The molecule has 42 valence electrons. The summed E-state index contributed by atoms with van der Waals surface area (Å²) in [6.45, 7) is 0. The molecule has 0 aliphatic carbocycles. The number of halogens is 3. The summed E-state index contributed by atoms with van der Waals surface area (Å²) in [4.78, 5) is 0. The third-order valence-corrected chi connectivity index (χ3v) is 0.640. The Balaban J connectivity index is 3.72. The van der Waals surface area contributed by atoms with Crippen molar-refractivity contribution in [2.75, 3.05) is 7.11 Å². The standard InChI is InChI=1S/C3H3BrF2O/c1-7-3(6)2(4)5/h1H3/b3-2+. The van der Waals surface area contributed by atoms with E-state index in [9.17, 15) is 8.78 Å². The van der Waals surface area contributed by atoms with Gasteiger partial charge in [0.25, 0.3) is 0 Å². The predicted octanol–water partition coefficient (Wildman–Crippen LogP) is 2.09. The minimum atomic E-state index is -1.24. The number of methoxy groups -OCH3 is 1. The molecular weight excluding hydrogens is 170 g/mol. The molecule has 4 heteroatoms. The third-order valence-electron chi connectivity index (χ3n) is 0.328. The highest BCUT2D eigenvalue weighted by atomic mass is 79.9. The fourth-order valence-corrected chi connectivity index (χ4v) is 0.239. The summed E-state index contributed by atoms with van der Waals surface area (Å²) in [7, 11) is 1.04. The zero-order chi connectivity index (χ0) is 5.86. The van der Waals surface area contributed by atoms with E-state index in [4.69, 9.17) is 0 Å². The van der Waals surface area contributed by atoms with Gasteiger partial charge in [0.1, 0.15) is 0 Å². The molecule has 0 saturated heterocycles. The molecule has 0 aliphatic rings. The normalized spacial score (nSPS) is 13.1. The Labute approximate surface area is 48.1 Å². The van der Waals surface area contributed by atoms with Crippen LogP contribution in [0.4, 0.5) is 8.78 Å². The van der Waals surface area contributed by atoms with Gasteiger partial charge < -0.3 is 4.74 Å². The lowest BCUT2D eigenvalue weighted by molar-refractivity contribution is 0.193. The topological polar surface area (TPSA) is 9.23 Å². The van der Waals surface area contributed by atoms with Gasteiger partial charge in [-0.3, -0.25) is 0 Å². The van der Waals surface area contributed by atoms with Gasteiger partial charge in [-0.05, 0) is 15.9 Å². The third kappa shape index (κ3) is 2.56. The molecule has 0 aromatic heterocycles. The van der Waals surface area contributed by atoms with Crippen LogP contribution in [0.2, 0.25) is 0 Å². The Hall–Kier alpha value is -0.120. The lowest BCUT2D eigenvalue weighted by Gasteiger charge is -1.88. The average molecular weight is 173 g/mol. The van der Waals surface area contributed by atoms with E-state index >= 15 is 0 Å². The van der Waals surface area contributed by atoms with Crippen LogP contribution in [0.15, 0.2) is 10.7 Å². The van der Waals surface area contributed by atoms with Crippen molar-refractivity contribution in [1.82, 2.24) is 0 Å². The summed E-state index contributed by atoms with van der Waals surface area (Å²) in [5.74, 6) is 0. The SMILES string of the molecule is CO/C(F)=C(/F)Br. The van der Waals surface area contributed by atoms with Gasteiger partial charge in [-0.15, -0.1) is 0 Å². The molecule has 7 heavy (non-hydrogen) atoms. The molecule has 0 unspecified atom stereocenters. The lowest BCUT2D eigenvalue weighted by Crippen LogP contribution is -1.75. The summed E-state index contributed by atoms with van der Waals surface area (Å²) in [6.07, 6.45) is 0. The van der Waals surface area contributed by atoms with Crippen molar-refractivity contribution in [3.8, 4) is 0 Å². The first-order valence-corrected chi connectivity index (χ1v) is 2.22. The first-order chi connectivity index (χ1) is 3.18. The Morgan fingerprint density at radius 3 is 2.00 bits per heavy atom. The molecule has 0 bridgehead atoms. The molecule has 0 aromatic rings. The van der Waals surface area contributed by atoms with E-state index in [1.807, 2.05) is 0 Å². The maximum absolute atomic E-state index is 11.5. The Morgan fingerprint density at radius 2 is 2.00 bits per heavy atom. The summed E-state index contributed by atoms with van der Waals surface area (Å²) in [5.41, 5.74) is 0. The highest BCUT2D eigenvalue weighted by Gasteiger charge is 1.97. The number of hydrogen-bond donors (Lipinski definition) is 0. The number of rotatable bonds is 1. The van der Waals surface area contributed by atoms with E-state index in [0.29, 0.717) is 0 Å². The van der Waals surface area contributed by atoms with Gasteiger partial charge in [-0.2, -0.15) is 8.78 Å². The molecule has 0 atom stereocenters. The van der Waals surface area contributed by atoms with Gasteiger partial charge in [0.2, 0.25) is 4.74 Å². The van der Waals surface area contributed by atoms with E-state index in [-0.39, 0.29) is 0 Å². The molecule has 1 nitrogen and oxygen atoms in total. The summed E-state index contributed by atoms with van der Waals surface area (Å²) >= 11 is 2.21. The van der Waals surface area contributed by atoms with Crippen LogP contribution in [0.25, 0.3) is 0 Å². The fraction of sp³-hybridized carbons (Fsp3) is 0.333. The molecule has 0 amide bonds. The second-order valence-electron chi connectivity index (χ2n) is 0.738. The van der Waals surface area contributed by atoms with E-state index in [1.165, 1.54) is 0 Å². The monoisotopic (exact) mass is 172 g/mol. The maximum Gasteiger partial charge on any atom is 0.316 e. The predicted molar refractivity (Wildman–Crippen MR) is 25.2 cm³/mol. The largest absolute Gasteiger partial charge is 0.472 e. The van der Waals surface area contributed by atoms with Crippen LogP contribution >= 0.6 is 15.9 Å². The zero-order valence-corrected chi connectivity index (χ0v) is 5.13. The minimum Gasteiger partial charge on any atom is -0.472 e. The molecule has 0 radical (unpaired) electrons. The van der Waals surface area contributed by atoms with E-state index < -0.39 is 10.7 Å². The van der Waals surface area contributed by atoms with Crippen molar-refractivity contribution in [3.63, 3.8) is 0 Å². The van der Waals surface area contributed by atoms with Crippen molar-refractivity contribution >= 4 is 15.9 Å². The van der Waals surface area contributed by atoms with Crippen molar-refractivity contribution in [3.05, 3.63) is 10.7 Å². The van der Waals surface area contributed by atoms with Gasteiger partial charge >= 0.3 is 6.01 Å². The van der Waals surface area contributed by atoms with Gasteiger partial charge in [-0.1, -0.05) is 0 Å². The Kier molecular flexibility index (Phi) is 2.91. The van der Waals surface area contributed by atoms with Crippen LogP contribution in [0.5, 0.6) is 0 Å². The van der Waals surface area contributed by atoms with Crippen LogP contribution < -0.4 is 0 Å². The molecule has 0 aliphatic heterocycles. The summed E-state index contributed by atoms with van der Waals surface area (Å²) < 4.78 is 25.6. The van der Waals surface area contributed by atoms with Crippen LogP contribution in [0.3, 0.4) is 0 Å². The van der Waals surface area contributed by atoms with E-state index in [2.05, 4.69) is 20.7 Å². The van der Waals surface area contributed by atoms with Crippen molar-refractivity contribution in [1.29, 1.82) is 0 Å². The maximum atomic E-state index is 11.5. The van der Waals surface area contributed by atoms with Crippen LogP contribution in [-0.4, -0.2) is 7.11 Å². The Morgan fingerprint density at radius 1 is 1.57 bits per heavy atom. The zero-order valence-electron chi connectivity index (χ0n) is 3.54. The quantitative estimate of drug-likeness (QED) is 0.551. The van der Waals surface area contributed by atoms with E-state index in [0.717, 1.165) is 7.11 Å². The van der Waals surface area contributed by atoms with Gasteiger partial charge in [0.05, 0.1) is 7.11 Å². The van der Waals surface area contributed by atoms with Crippen molar-refractivity contribution in [2.45, 2.75) is 0 Å². The summed E-state index contributed by atoms with van der Waals surface area (Å²) in [6, 6.07) is -1.24.